The largest absolute Gasteiger partial charge is 0.416 e. The maximum atomic E-state index is 12.7. The SMILES string of the molecule is Cc1nc2cc(C(F)(F)F)cc(Cl)n2c(=O)c1CCCl. The van der Waals surface area contributed by atoms with Gasteiger partial charge < -0.3 is 0 Å². The van der Waals surface area contributed by atoms with E-state index in [2.05, 4.69) is 4.98 Å². The first-order chi connectivity index (χ1) is 9.25. The van der Waals surface area contributed by atoms with Crippen molar-refractivity contribution in [2.24, 2.45) is 0 Å². The molecule has 0 aromatic carbocycles. The van der Waals surface area contributed by atoms with Crippen LogP contribution in [-0.2, 0) is 12.6 Å². The molecular formula is C12H9Cl2F3N2O. The van der Waals surface area contributed by atoms with Gasteiger partial charge >= 0.3 is 6.18 Å². The smallest absolute Gasteiger partial charge is 0.269 e. The molecule has 2 aromatic heterocycles. The Labute approximate surface area is 122 Å². The fraction of sp³-hybridized carbons (Fsp3) is 0.333. The Hall–Kier alpha value is -1.27. The zero-order valence-electron chi connectivity index (χ0n) is 10.3. The standard InChI is InChI=1S/C12H9Cl2F3N2O/c1-6-8(2-3-13)11(20)19-9(14)4-7(12(15,16)17)5-10(19)18-6/h4-5H,2-3H2,1H3. The molecule has 0 fully saturated rings. The van der Waals surface area contributed by atoms with Gasteiger partial charge in [-0.25, -0.2) is 4.98 Å². The van der Waals surface area contributed by atoms with Gasteiger partial charge in [0, 0.05) is 17.1 Å². The summed E-state index contributed by atoms with van der Waals surface area (Å²) in [5, 5.41) is -0.330. The second-order valence-corrected chi connectivity index (χ2v) is 4.94. The molecule has 108 valence electrons. The van der Waals surface area contributed by atoms with Gasteiger partial charge in [0.05, 0.1) is 5.56 Å². The maximum absolute atomic E-state index is 12.7. The average molecular weight is 325 g/mol. The van der Waals surface area contributed by atoms with Gasteiger partial charge in [-0.15, -0.1) is 11.6 Å². The number of fused-ring (bicyclic) bond motifs is 1. The maximum Gasteiger partial charge on any atom is 0.416 e. The van der Waals surface area contributed by atoms with Crippen LogP contribution in [0, 0.1) is 6.92 Å². The van der Waals surface area contributed by atoms with Crippen molar-refractivity contribution < 1.29 is 13.2 Å². The van der Waals surface area contributed by atoms with Crippen molar-refractivity contribution in [1.82, 2.24) is 9.38 Å². The molecule has 2 heterocycles. The summed E-state index contributed by atoms with van der Waals surface area (Å²) in [6.45, 7) is 1.55. The number of halogens is 5. The minimum Gasteiger partial charge on any atom is -0.269 e. The molecule has 0 saturated heterocycles. The second kappa shape index (κ2) is 5.26. The van der Waals surface area contributed by atoms with E-state index in [0.29, 0.717) is 17.3 Å². The van der Waals surface area contributed by atoms with Crippen LogP contribution in [0.4, 0.5) is 13.2 Å². The summed E-state index contributed by atoms with van der Waals surface area (Å²) in [6.07, 6.45) is -4.27. The second-order valence-electron chi connectivity index (χ2n) is 4.18. The Morgan fingerprint density at radius 3 is 2.55 bits per heavy atom. The molecule has 0 N–H and O–H groups in total. The number of nitrogens with zero attached hydrogens (tertiary/aromatic N) is 2. The summed E-state index contributed by atoms with van der Waals surface area (Å²) in [4.78, 5) is 16.2. The molecule has 0 bridgehead atoms. The molecule has 0 atom stereocenters. The van der Waals surface area contributed by atoms with Crippen LogP contribution in [0.5, 0.6) is 0 Å². The van der Waals surface area contributed by atoms with Gasteiger partial charge in [0.2, 0.25) is 0 Å². The molecule has 8 heteroatoms. The number of pyridine rings is 1. The number of aryl methyl sites for hydroxylation is 1. The molecule has 0 radical (unpaired) electrons. The Balaban J connectivity index is 2.82. The third-order valence-corrected chi connectivity index (χ3v) is 3.32. The highest BCUT2D eigenvalue weighted by Crippen LogP contribution is 2.31. The van der Waals surface area contributed by atoms with Crippen molar-refractivity contribution in [2.45, 2.75) is 19.5 Å². The Bertz CT molecular complexity index is 725. The van der Waals surface area contributed by atoms with E-state index < -0.39 is 17.3 Å². The van der Waals surface area contributed by atoms with Gasteiger partial charge in [0.25, 0.3) is 5.56 Å². The van der Waals surface area contributed by atoms with E-state index in [9.17, 15) is 18.0 Å². The summed E-state index contributed by atoms with van der Waals surface area (Å²) in [5.74, 6) is 0.210. The minimum absolute atomic E-state index is 0.134. The fourth-order valence-corrected chi connectivity index (χ4v) is 2.38. The monoisotopic (exact) mass is 324 g/mol. The first-order valence-corrected chi connectivity index (χ1v) is 6.52. The molecule has 0 aliphatic heterocycles. The molecule has 2 aromatic rings. The van der Waals surface area contributed by atoms with Gasteiger partial charge in [-0.3, -0.25) is 9.20 Å². The van der Waals surface area contributed by atoms with Crippen LogP contribution in [0.2, 0.25) is 5.15 Å². The molecule has 0 unspecified atom stereocenters. The Kier molecular flexibility index (Phi) is 3.97. The van der Waals surface area contributed by atoms with Crippen molar-refractivity contribution in [3.63, 3.8) is 0 Å². The molecule has 3 nitrogen and oxygen atoms in total. The van der Waals surface area contributed by atoms with Crippen molar-refractivity contribution in [1.29, 1.82) is 0 Å². The number of aromatic nitrogens is 2. The van der Waals surface area contributed by atoms with Crippen LogP contribution in [0.3, 0.4) is 0 Å². The van der Waals surface area contributed by atoms with Gasteiger partial charge in [-0.1, -0.05) is 11.6 Å². The molecule has 0 amide bonds. The molecule has 0 aliphatic carbocycles. The molecule has 0 spiro atoms. The Morgan fingerprint density at radius 1 is 1.35 bits per heavy atom. The van der Waals surface area contributed by atoms with Gasteiger partial charge in [-0.2, -0.15) is 13.2 Å². The van der Waals surface area contributed by atoms with Gasteiger partial charge in [-0.05, 0) is 25.5 Å². The normalized spacial score (nSPS) is 12.1. The third-order valence-electron chi connectivity index (χ3n) is 2.85. The van der Waals surface area contributed by atoms with Crippen LogP contribution in [0.25, 0.3) is 5.65 Å². The van der Waals surface area contributed by atoms with E-state index in [1.54, 1.807) is 6.92 Å². The Morgan fingerprint density at radius 2 is 2.00 bits per heavy atom. The average Bonchev–Trinajstić information content (AvgIpc) is 2.32. The number of rotatable bonds is 2. The molecule has 0 aliphatic rings. The molecule has 20 heavy (non-hydrogen) atoms. The molecular weight excluding hydrogens is 316 g/mol. The van der Waals surface area contributed by atoms with Gasteiger partial charge in [0.1, 0.15) is 10.8 Å². The lowest BCUT2D eigenvalue weighted by atomic mass is 10.2. The van der Waals surface area contributed by atoms with Crippen molar-refractivity contribution in [2.75, 3.05) is 5.88 Å². The quantitative estimate of drug-likeness (QED) is 0.626. The van der Waals surface area contributed by atoms with E-state index in [1.165, 1.54) is 0 Å². The zero-order valence-corrected chi connectivity index (χ0v) is 11.8. The van der Waals surface area contributed by atoms with E-state index in [0.717, 1.165) is 10.5 Å². The van der Waals surface area contributed by atoms with Gasteiger partial charge in [0.15, 0.2) is 0 Å². The van der Waals surface area contributed by atoms with Crippen molar-refractivity contribution in [3.05, 3.63) is 44.5 Å². The van der Waals surface area contributed by atoms with E-state index in [-0.39, 0.29) is 23.1 Å². The van der Waals surface area contributed by atoms with E-state index in [4.69, 9.17) is 23.2 Å². The van der Waals surface area contributed by atoms with Crippen LogP contribution in [0.1, 0.15) is 16.8 Å². The lowest BCUT2D eigenvalue weighted by molar-refractivity contribution is -0.137. The lowest BCUT2D eigenvalue weighted by Gasteiger charge is -2.12. The van der Waals surface area contributed by atoms with Crippen LogP contribution < -0.4 is 5.56 Å². The first kappa shape index (κ1) is 15.1. The number of hydrogen-bond acceptors (Lipinski definition) is 2. The van der Waals surface area contributed by atoms with Crippen LogP contribution in [0.15, 0.2) is 16.9 Å². The lowest BCUT2D eigenvalue weighted by Crippen LogP contribution is -2.23. The van der Waals surface area contributed by atoms with Crippen molar-refractivity contribution in [3.8, 4) is 0 Å². The summed E-state index contributed by atoms with van der Waals surface area (Å²) in [6, 6.07) is 1.50. The van der Waals surface area contributed by atoms with E-state index in [1.807, 2.05) is 0 Å². The topological polar surface area (TPSA) is 34.4 Å². The summed E-state index contributed by atoms with van der Waals surface area (Å²) >= 11 is 11.4. The number of alkyl halides is 4. The van der Waals surface area contributed by atoms with Crippen molar-refractivity contribution >= 4 is 28.8 Å². The highest BCUT2D eigenvalue weighted by molar-refractivity contribution is 6.29. The van der Waals surface area contributed by atoms with E-state index >= 15 is 0 Å². The predicted molar refractivity (Wildman–Crippen MR) is 70.6 cm³/mol. The fourth-order valence-electron chi connectivity index (χ4n) is 1.91. The molecule has 0 saturated carbocycles. The summed E-state index contributed by atoms with van der Waals surface area (Å²) < 4.78 is 39.1. The zero-order chi connectivity index (χ0) is 15.1. The minimum atomic E-state index is -4.55. The summed E-state index contributed by atoms with van der Waals surface area (Å²) in [5.41, 5.74) is -0.874. The first-order valence-electron chi connectivity index (χ1n) is 5.60. The number of hydrogen-bond donors (Lipinski definition) is 0. The highest BCUT2D eigenvalue weighted by atomic mass is 35.5. The third kappa shape index (κ3) is 2.62. The summed E-state index contributed by atoms with van der Waals surface area (Å²) in [7, 11) is 0. The van der Waals surface area contributed by atoms with Crippen LogP contribution >= 0.6 is 23.2 Å². The highest BCUT2D eigenvalue weighted by Gasteiger charge is 2.32. The molecule has 2 rings (SSSR count). The van der Waals surface area contributed by atoms with Crippen LogP contribution in [-0.4, -0.2) is 15.3 Å². The predicted octanol–water partition coefficient (Wildman–Crippen LogP) is 3.46.